The predicted octanol–water partition coefficient (Wildman–Crippen LogP) is 5.36. The Morgan fingerprint density at radius 2 is 2.04 bits per heavy atom. The van der Waals surface area contributed by atoms with Gasteiger partial charge in [-0.2, -0.15) is 0 Å². The molecule has 3 nitrogen and oxygen atoms in total. The van der Waals surface area contributed by atoms with E-state index < -0.39 is 0 Å². The Hall–Kier alpha value is -1.50. The summed E-state index contributed by atoms with van der Waals surface area (Å²) in [5.41, 5.74) is 2.37. The van der Waals surface area contributed by atoms with E-state index in [0.29, 0.717) is 12.3 Å². The number of ether oxygens (including phenoxy) is 1. The van der Waals surface area contributed by atoms with E-state index in [2.05, 4.69) is 20.9 Å². The summed E-state index contributed by atoms with van der Waals surface area (Å²) < 4.78 is 7.64. The minimum Gasteiger partial charge on any atom is -0.488 e. The third kappa shape index (κ3) is 4.32. The van der Waals surface area contributed by atoms with E-state index in [1.165, 1.54) is 23.5 Å². The number of carbonyl (C=O) groups is 1. The molecule has 3 rings (SSSR count). The first-order valence-electron chi connectivity index (χ1n) is 7.18. The first-order valence-corrected chi connectivity index (χ1v) is 10.0. The largest absolute Gasteiger partial charge is 0.488 e. The molecular weight excluding hydrogens is 406 g/mol. The molecular formula is C18H14BrNO2S2. The van der Waals surface area contributed by atoms with Crippen molar-refractivity contribution in [1.82, 2.24) is 0 Å². The van der Waals surface area contributed by atoms with Crippen LogP contribution in [0.3, 0.4) is 0 Å². The number of thioether (sulfide) groups is 2. The second-order valence-corrected chi connectivity index (χ2v) is 7.89. The van der Waals surface area contributed by atoms with E-state index >= 15 is 0 Å². The first-order chi connectivity index (χ1) is 11.7. The van der Waals surface area contributed by atoms with Crippen LogP contribution in [0.1, 0.15) is 11.1 Å². The number of hydrogen-bond acceptors (Lipinski definition) is 5. The van der Waals surface area contributed by atoms with Gasteiger partial charge in [0, 0.05) is 10.0 Å². The summed E-state index contributed by atoms with van der Waals surface area (Å²) in [6.45, 7) is 0.473. The third-order valence-corrected chi connectivity index (χ3v) is 5.62. The highest BCUT2D eigenvalue weighted by atomic mass is 79.9. The average Bonchev–Trinajstić information content (AvgIpc) is 2.95. The van der Waals surface area contributed by atoms with Gasteiger partial charge in [0.25, 0.3) is 0 Å². The Bertz CT molecular complexity index is 819. The summed E-state index contributed by atoms with van der Waals surface area (Å²) in [5.74, 6) is 0.722. The van der Waals surface area contributed by atoms with Gasteiger partial charge in [-0.1, -0.05) is 46.3 Å². The standard InChI is InChI=1S/C18H14BrNO2S2/c1-23-18-20-15(17(21)24-18)10-13-9-14(19)7-8-16(13)22-11-12-5-3-2-4-6-12/h2-10H,11H2,1H3. The summed E-state index contributed by atoms with van der Waals surface area (Å²) in [5, 5.41) is -0.0339. The summed E-state index contributed by atoms with van der Waals surface area (Å²) in [6.07, 6.45) is 3.69. The molecule has 0 aromatic heterocycles. The van der Waals surface area contributed by atoms with Gasteiger partial charge in [0.1, 0.15) is 22.4 Å². The molecule has 0 unspecified atom stereocenters. The van der Waals surface area contributed by atoms with Crippen LogP contribution >= 0.6 is 39.5 Å². The number of halogens is 1. The van der Waals surface area contributed by atoms with Crippen molar-refractivity contribution in [2.24, 2.45) is 4.99 Å². The number of rotatable bonds is 4. The fraction of sp³-hybridized carbons (Fsp3) is 0.111. The van der Waals surface area contributed by atoms with E-state index in [0.717, 1.165) is 25.7 Å². The number of carbonyl (C=O) groups excluding carboxylic acids is 1. The van der Waals surface area contributed by atoms with Crippen molar-refractivity contribution in [3.8, 4) is 5.75 Å². The van der Waals surface area contributed by atoms with Gasteiger partial charge in [0.2, 0.25) is 5.12 Å². The molecule has 0 radical (unpaired) electrons. The smallest absolute Gasteiger partial charge is 0.244 e. The number of benzene rings is 2. The van der Waals surface area contributed by atoms with Gasteiger partial charge < -0.3 is 4.74 Å². The molecule has 0 aliphatic carbocycles. The van der Waals surface area contributed by atoms with Crippen molar-refractivity contribution in [3.05, 3.63) is 69.8 Å². The summed E-state index contributed by atoms with van der Waals surface area (Å²) >= 11 is 6.11. The molecule has 122 valence electrons. The molecule has 0 spiro atoms. The maximum atomic E-state index is 12.0. The van der Waals surface area contributed by atoms with Crippen molar-refractivity contribution in [2.75, 3.05) is 6.26 Å². The maximum Gasteiger partial charge on any atom is 0.244 e. The lowest BCUT2D eigenvalue weighted by atomic mass is 10.1. The number of aliphatic imine (C=N–C) groups is 1. The molecule has 0 atom stereocenters. The van der Waals surface area contributed by atoms with Crippen LogP contribution in [0.4, 0.5) is 0 Å². The zero-order valence-corrected chi connectivity index (χ0v) is 16.1. The second-order valence-electron chi connectivity index (χ2n) is 4.96. The zero-order chi connectivity index (χ0) is 16.9. The second kappa shape index (κ2) is 8.05. The molecule has 6 heteroatoms. The fourth-order valence-corrected chi connectivity index (χ4v) is 3.76. The Morgan fingerprint density at radius 1 is 1.25 bits per heavy atom. The van der Waals surface area contributed by atoms with Crippen LogP contribution < -0.4 is 4.74 Å². The van der Waals surface area contributed by atoms with Gasteiger partial charge in [-0.15, -0.1) is 11.8 Å². The molecule has 0 amide bonds. The highest BCUT2D eigenvalue weighted by Crippen LogP contribution is 2.32. The molecule has 0 saturated heterocycles. The van der Waals surface area contributed by atoms with E-state index in [1.54, 1.807) is 6.08 Å². The van der Waals surface area contributed by atoms with Crippen LogP contribution in [-0.2, 0) is 11.4 Å². The molecule has 1 heterocycles. The molecule has 1 aliphatic heterocycles. The van der Waals surface area contributed by atoms with Crippen LogP contribution in [0.25, 0.3) is 6.08 Å². The summed E-state index contributed by atoms with van der Waals surface area (Å²) in [6, 6.07) is 15.7. The molecule has 24 heavy (non-hydrogen) atoms. The Labute approximate surface area is 157 Å². The van der Waals surface area contributed by atoms with E-state index in [-0.39, 0.29) is 5.12 Å². The maximum absolute atomic E-state index is 12.0. The Morgan fingerprint density at radius 3 is 2.75 bits per heavy atom. The highest BCUT2D eigenvalue weighted by molar-refractivity contribution is 9.10. The zero-order valence-electron chi connectivity index (χ0n) is 12.9. The topological polar surface area (TPSA) is 38.7 Å². The molecule has 2 aromatic carbocycles. The van der Waals surface area contributed by atoms with Crippen LogP contribution in [-0.4, -0.2) is 15.7 Å². The normalized spacial score (nSPS) is 15.7. The van der Waals surface area contributed by atoms with Gasteiger partial charge in [0.15, 0.2) is 0 Å². The minimum absolute atomic E-state index is 0.0339. The number of nitrogens with zero attached hydrogens (tertiary/aromatic N) is 1. The van der Waals surface area contributed by atoms with Gasteiger partial charge in [-0.05, 0) is 47.9 Å². The van der Waals surface area contributed by atoms with Crippen LogP contribution in [0.15, 0.2) is 63.7 Å². The highest BCUT2D eigenvalue weighted by Gasteiger charge is 2.21. The molecule has 1 aliphatic rings. The van der Waals surface area contributed by atoms with E-state index in [4.69, 9.17) is 4.74 Å². The summed E-state index contributed by atoms with van der Waals surface area (Å²) in [4.78, 5) is 16.4. The fourth-order valence-electron chi connectivity index (χ4n) is 2.12. The van der Waals surface area contributed by atoms with Gasteiger partial charge in [0.05, 0.1) is 0 Å². The SMILES string of the molecule is CSC1=NC(=Cc2cc(Br)ccc2OCc2ccccc2)C(=O)S1. The molecule has 0 fully saturated rings. The van der Waals surface area contributed by atoms with Crippen LogP contribution in [0.2, 0.25) is 0 Å². The van der Waals surface area contributed by atoms with Crippen molar-refractivity contribution >= 4 is 55.0 Å². The van der Waals surface area contributed by atoms with Crippen molar-refractivity contribution in [1.29, 1.82) is 0 Å². The van der Waals surface area contributed by atoms with Gasteiger partial charge in [-0.25, -0.2) is 4.99 Å². The summed E-state index contributed by atoms with van der Waals surface area (Å²) in [7, 11) is 0. The molecule has 0 bridgehead atoms. The number of hydrogen-bond donors (Lipinski definition) is 0. The van der Waals surface area contributed by atoms with Crippen molar-refractivity contribution in [3.63, 3.8) is 0 Å². The lowest BCUT2D eigenvalue weighted by Crippen LogP contribution is -1.97. The monoisotopic (exact) mass is 419 g/mol. The Balaban J connectivity index is 1.86. The van der Waals surface area contributed by atoms with Crippen LogP contribution in [0.5, 0.6) is 5.75 Å². The average molecular weight is 420 g/mol. The molecule has 2 aromatic rings. The van der Waals surface area contributed by atoms with Crippen molar-refractivity contribution in [2.45, 2.75) is 6.61 Å². The van der Waals surface area contributed by atoms with E-state index in [9.17, 15) is 4.79 Å². The molecule has 0 N–H and O–H groups in total. The quantitative estimate of drug-likeness (QED) is 0.624. The minimum atomic E-state index is -0.0339. The lowest BCUT2D eigenvalue weighted by molar-refractivity contribution is -0.107. The molecule has 0 saturated carbocycles. The third-order valence-electron chi connectivity index (χ3n) is 3.28. The predicted molar refractivity (Wildman–Crippen MR) is 106 cm³/mol. The van der Waals surface area contributed by atoms with Crippen molar-refractivity contribution < 1.29 is 9.53 Å². The van der Waals surface area contributed by atoms with Crippen LogP contribution in [0, 0.1) is 0 Å². The lowest BCUT2D eigenvalue weighted by Gasteiger charge is -2.10. The van der Waals surface area contributed by atoms with E-state index in [1.807, 2.05) is 54.8 Å². The van der Waals surface area contributed by atoms with Gasteiger partial charge in [-0.3, -0.25) is 4.79 Å². The first kappa shape index (κ1) is 17.3. The van der Waals surface area contributed by atoms with Gasteiger partial charge >= 0.3 is 0 Å². The Kier molecular flexibility index (Phi) is 5.81.